The lowest BCUT2D eigenvalue weighted by Crippen LogP contribution is -1.80. The van der Waals surface area contributed by atoms with Crippen molar-refractivity contribution in [1.82, 2.24) is 0 Å². The molecule has 2 aromatic rings. The van der Waals surface area contributed by atoms with Gasteiger partial charge in [0, 0.05) is 4.88 Å². The third kappa shape index (κ3) is 2.00. The van der Waals surface area contributed by atoms with Gasteiger partial charge < -0.3 is 0 Å². The lowest BCUT2D eigenvalue weighted by Gasteiger charge is -1.93. The molecule has 2 rings (SSSR count). The first-order valence-electron chi connectivity index (χ1n) is 4.98. The summed E-state index contributed by atoms with van der Waals surface area (Å²) in [7, 11) is 0. The van der Waals surface area contributed by atoms with Crippen LogP contribution in [0.2, 0.25) is 0 Å². The molecule has 1 heterocycles. The van der Waals surface area contributed by atoms with Crippen molar-refractivity contribution < 1.29 is 4.79 Å². The maximum absolute atomic E-state index is 10.8. The third-order valence-electron chi connectivity index (χ3n) is 2.39. The number of carbonyl (C=O) groups is 1. The van der Waals surface area contributed by atoms with Crippen LogP contribution in [0.15, 0.2) is 36.4 Å². The fraction of sp³-hybridized carbons (Fsp3) is 0.154. The Bertz CT molecular complexity index is 457. The standard InChI is InChI=1S/C13H12OS/c1-2-10-8-12(15-13(10)9-14)11-6-4-3-5-7-11/h3-9H,2H2,1H3. The molecule has 0 atom stereocenters. The summed E-state index contributed by atoms with van der Waals surface area (Å²) in [6, 6.07) is 12.3. The summed E-state index contributed by atoms with van der Waals surface area (Å²) in [4.78, 5) is 12.9. The van der Waals surface area contributed by atoms with Gasteiger partial charge in [0.15, 0.2) is 6.29 Å². The van der Waals surface area contributed by atoms with E-state index in [0.29, 0.717) is 0 Å². The largest absolute Gasteiger partial charge is 0.297 e. The van der Waals surface area contributed by atoms with Crippen LogP contribution in [0.1, 0.15) is 22.2 Å². The van der Waals surface area contributed by atoms with E-state index in [1.807, 2.05) is 18.2 Å². The Labute approximate surface area is 93.4 Å². The zero-order valence-corrected chi connectivity index (χ0v) is 9.38. The van der Waals surface area contributed by atoms with Crippen LogP contribution >= 0.6 is 11.3 Å². The summed E-state index contributed by atoms with van der Waals surface area (Å²) in [5, 5.41) is 0. The van der Waals surface area contributed by atoms with Crippen molar-refractivity contribution in [3.05, 3.63) is 46.8 Å². The Balaban J connectivity index is 2.46. The van der Waals surface area contributed by atoms with Crippen molar-refractivity contribution in [2.45, 2.75) is 13.3 Å². The minimum atomic E-state index is 0.858. The van der Waals surface area contributed by atoms with Crippen LogP contribution in [0.3, 0.4) is 0 Å². The lowest BCUT2D eigenvalue weighted by atomic mass is 10.1. The minimum Gasteiger partial charge on any atom is -0.297 e. The van der Waals surface area contributed by atoms with Gasteiger partial charge in [0.25, 0.3) is 0 Å². The molecule has 1 nitrogen and oxygen atoms in total. The molecule has 0 aliphatic heterocycles. The molecule has 1 aromatic carbocycles. The van der Waals surface area contributed by atoms with Gasteiger partial charge in [0.05, 0.1) is 4.88 Å². The van der Waals surface area contributed by atoms with Gasteiger partial charge in [-0.2, -0.15) is 0 Å². The first-order valence-corrected chi connectivity index (χ1v) is 5.80. The summed E-state index contributed by atoms with van der Waals surface area (Å²) < 4.78 is 0. The quantitative estimate of drug-likeness (QED) is 0.713. The van der Waals surface area contributed by atoms with Gasteiger partial charge in [0.1, 0.15) is 0 Å². The molecule has 0 aliphatic rings. The molecule has 0 saturated heterocycles. The summed E-state index contributed by atoms with van der Waals surface area (Å²) in [5.74, 6) is 0. The second-order valence-electron chi connectivity index (χ2n) is 3.34. The van der Waals surface area contributed by atoms with E-state index < -0.39 is 0 Å². The summed E-state index contributed by atoms with van der Waals surface area (Å²) in [6.07, 6.45) is 1.87. The molecule has 0 spiro atoms. The van der Waals surface area contributed by atoms with Gasteiger partial charge in [-0.15, -0.1) is 11.3 Å². The topological polar surface area (TPSA) is 17.1 Å². The van der Waals surface area contributed by atoms with Crippen LogP contribution in [0.4, 0.5) is 0 Å². The van der Waals surface area contributed by atoms with Crippen LogP contribution in [0, 0.1) is 0 Å². The van der Waals surface area contributed by atoms with Crippen molar-refractivity contribution in [1.29, 1.82) is 0 Å². The molecule has 0 saturated carbocycles. The molecule has 2 heteroatoms. The first kappa shape index (κ1) is 10.1. The fourth-order valence-corrected chi connectivity index (χ4v) is 2.64. The van der Waals surface area contributed by atoms with Gasteiger partial charge in [-0.05, 0) is 23.6 Å². The highest BCUT2D eigenvalue weighted by molar-refractivity contribution is 7.17. The molecular weight excluding hydrogens is 204 g/mol. The molecule has 0 amide bonds. The second-order valence-corrected chi connectivity index (χ2v) is 4.42. The van der Waals surface area contributed by atoms with E-state index in [-0.39, 0.29) is 0 Å². The zero-order valence-electron chi connectivity index (χ0n) is 8.57. The Morgan fingerprint density at radius 2 is 2.00 bits per heavy atom. The van der Waals surface area contributed by atoms with E-state index in [0.717, 1.165) is 23.1 Å². The lowest BCUT2D eigenvalue weighted by molar-refractivity contribution is 0.112. The normalized spacial score (nSPS) is 10.2. The van der Waals surface area contributed by atoms with E-state index in [1.165, 1.54) is 10.4 Å². The van der Waals surface area contributed by atoms with E-state index in [4.69, 9.17) is 0 Å². The number of aryl methyl sites for hydroxylation is 1. The van der Waals surface area contributed by atoms with Gasteiger partial charge in [0.2, 0.25) is 0 Å². The highest BCUT2D eigenvalue weighted by Crippen LogP contribution is 2.30. The number of aldehydes is 1. The van der Waals surface area contributed by atoms with E-state index >= 15 is 0 Å². The second kappa shape index (κ2) is 4.41. The van der Waals surface area contributed by atoms with Crippen molar-refractivity contribution in [2.75, 3.05) is 0 Å². The molecule has 0 N–H and O–H groups in total. The minimum absolute atomic E-state index is 0.858. The van der Waals surface area contributed by atoms with E-state index in [2.05, 4.69) is 25.1 Å². The molecule has 15 heavy (non-hydrogen) atoms. The monoisotopic (exact) mass is 216 g/mol. The highest BCUT2D eigenvalue weighted by Gasteiger charge is 2.07. The molecule has 76 valence electrons. The van der Waals surface area contributed by atoms with Crippen LogP contribution in [-0.4, -0.2) is 6.29 Å². The average molecular weight is 216 g/mol. The Morgan fingerprint density at radius 1 is 1.27 bits per heavy atom. The number of hydrogen-bond acceptors (Lipinski definition) is 2. The van der Waals surface area contributed by atoms with Gasteiger partial charge in [-0.1, -0.05) is 37.3 Å². The van der Waals surface area contributed by atoms with Gasteiger partial charge >= 0.3 is 0 Å². The Hall–Kier alpha value is -1.41. The van der Waals surface area contributed by atoms with E-state index in [1.54, 1.807) is 11.3 Å². The smallest absolute Gasteiger partial charge is 0.160 e. The van der Waals surface area contributed by atoms with Gasteiger partial charge in [-0.25, -0.2) is 0 Å². The Kier molecular flexibility index (Phi) is 2.97. The Morgan fingerprint density at radius 3 is 2.53 bits per heavy atom. The SMILES string of the molecule is CCc1cc(-c2ccccc2)sc1C=O. The molecule has 0 aliphatic carbocycles. The zero-order chi connectivity index (χ0) is 10.7. The van der Waals surface area contributed by atoms with Crippen LogP contribution in [0.25, 0.3) is 10.4 Å². The maximum Gasteiger partial charge on any atom is 0.160 e. The number of carbonyl (C=O) groups excluding carboxylic acids is 1. The predicted molar refractivity (Wildman–Crippen MR) is 64.5 cm³/mol. The molecule has 0 bridgehead atoms. The predicted octanol–water partition coefficient (Wildman–Crippen LogP) is 3.79. The van der Waals surface area contributed by atoms with Gasteiger partial charge in [-0.3, -0.25) is 4.79 Å². The van der Waals surface area contributed by atoms with Crippen molar-refractivity contribution in [2.24, 2.45) is 0 Å². The number of rotatable bonds is 3. The van der Waals surface area contributed by atoms with Crippen LogP contribution in [0.5, 0.6) is 0 Å². The highest BCUT2D eigenvalue weighted by atomic mass is 32.1. The fourth-order valence-electron chi connectivity index (χ4n) is 1.56. The molecule has 0 radical (unpaired) electrons. The third-order valence-corrected chi connectivity index (χ3v) is 3.54. The van der Waals surface area contributed by atoms with Crippen molar-refractivity contribution >= 4 is 17.6 Å². The molecule has 0 fully saturated rings. The van der Waals surface area contributed by atoms with E-state index in [9.17, 15) is 4.79 Å². The van der Waals surface area contributed by atoms with Crippen LogP contribution in [-0.2, 0) is 6.42 Å². The summed E-state index contributed by atoms with van der Waals surface area (Å²) in [6.45, 7) is 2.07. The molecule has 0 unspecified atom stereocenters. The summed E-state index contributed by atoms with van der Waals surface area (Å²) >= 11 is 1.57. The maximum atomic E-state index is 10.8. The average Bonchev–Trinajstić information content (AvgIpc) is 2.73. The number of benzene rings is 1. The molecular formula is C13H12OS. The van der Waals surface area contributed by atoms with Crippen molar-refractivity contribution in [3.8, 4) is 10.4 Å². The van der Waals surface area contributed by atoms with Crippen LogP contribution < -0.4 is 0 Å². The number of thiophene rings is 1. The molecule has 1 aromatic heterocycles. The van der Waals surface area contributed by atoms with Crippen molar-refractivity contribution in [3.63, 3.8) is 0 Å². The number of hydrogen-bond donors (Lipinski definition) is 0. The summed E-state index contributed by atoms with van der Waals surface area (Å²) in [5.41, 5.74) is 2.33. The first-order chi connectivity index (χ1) is 7.35.